The fraction of sp³-hybridized carbons (Fsp3) is 0.467. The van der Waals surface area contributed by atoms with E-state index in [4.69, 9.17) is 22.4 Å². The Morgan fingerprint density at radius 2 is 2.00 bits per heavy atom. The van der Waals surface area contributed by atoms with E-state index in [2.05, 4.69) is 5.32 Å². The van der Waals surface area contributed by atoms with E-state index in [1.165, 1.54) is 12.1 Å². The Hall–Kier alpha value is -1.75. The van der Waals surface area contributed by atoms with Crippen LogP contribution in [-0.2, 0) is 4.79 Å². The Labute approximate surface area is 129 Å². The molecule has 0 aliphatic rings. The zero-order valence-electron chi connectivity index (χ0n) is 12.2. The molecule has 1 rings (SSSR count). The van der Waals surface area contributed by atoms with Crippen molar-refractivity contribution in [2.24, 2.45) is 11.8 Å². The summed E-state index contributed by atoms with van der Waals surface area (Å²) < 4.78 is 0. The van der Waals surface area contributed by atoms with E-state index >= 15 is 0 Å². The van der Waals surface area contributed by atoms with Gasteiger partial charge in [0.15, 0.2) is 0 Å². The molecule has 0 spiro atoms. The second-order valence-corrected chi connectivity index (χ2v) is 6.01. The van der Waals surface area contributed by atoms with Gasteiger partial charge in [-0.1, -0.05) is 25.4 Å². The first-order chi connectivity index (χ1) is 9.77. The molecular formula is C15H21ClN2O3. The van der Waals surface area contributed by atoms with E-state index in [0.29, 0.717) is 28.7 Å². The van der Waals surface area contributed by atoms with E-state index in [0.717, 1.165) is 6.42 Å². The zero-order chi connectivity index (χ0) is 16.0. The van der Waals surface area contributed by atoms with Crippen LogP contribution in [0.15, 0.2) is 18.2 Å². The summed E-state index contributed by atoms with van der Waals surface area (Å²) in [6.07, 6.45) is 0.778. The Kier molecular flexibility index (Phi) is 6.49. The smallest absolute Gasteiger partial charge is 0.303 e. The SMILES string of the molecule is CC(C)CC(CNC(=O)c1cc(N)cc(Cl)c1)CC(=O)O. The molecule has 21 heavy (non-hydrogen) atoms. The van der Waals surface area contributed by atoms with Crippen molar-refractivity contribution in [2.75, 3.05) is 12.3 Å². The van der Waals surface area contributed by atoms with Crippen LogP contribution in [0.1, 0.15) is 37.0 Å². The van der Waals surface area contributed by atoms with Crippen LogP contribution in [0.2, 0.25) is 5.02 Å². The molecule has 1 aromatic rings. The van der Waals surface area contributed by atoms with Crippen molar-refractivity contribution in [1.82, 2.24) is 5.32 Å². The molecule has 0 radical (unpaired) electrons. The van der Waals surface area contributed by atoms with Gasteiger partial charge >= 0.3 is 5.97 Å². The van der Waals surface area contributed by atoms with Crippen molar-refractivity contribution < 1.29 is 14.7 Å². The molecular weight excluding hydrogens is 292 g/mol. The maximum Gasteiger partial charge on any atom is 0.303 e. The van der Waals surface area contributed by atoms with Crippen molar-refractivity contribution in [2.45, 2.75) is 26.7 Å². The van der Waals surface area contributed by atoms with E-state index in [-0.39, 0.29) is 18.2 Å². The van der Waals surface area contributed by atoms with Gasteiger partial charge in [-0.05, 0) is 36.5 Å². The molecule has 0 aliphatic heterocycles. The average Bonchev–Trinajstić information content (AvgIpc) is 2.32. The number of nitrogens with one attached hydrogen (secondary N) is 1. The summed E-state index contributed by atoms with van der Waals surface area (Å²) in [5.74, 6) is -0.888. The van der Waals surface area contributed by atoms with Gasteiger partial charge in [0.05, 0.1) is 0 Å². The summed E-state index contributed by atoms with van der Waals surface area (Å²) in [4.78, 5) is 22.9. The monoisotopic (exact) mass is 312 g/mol. The number of aliphatic carboxylic acids is 1. The summed E-state index contributed by atoms with van der Waals surface area (Å²) in [7, 11) is 0. The number of nitrogens with two attached hydrogens (primary N) is 1. The number of nitrogen functional groups attached to an aromatic ring is 1. The molecule has 4 N–H and O–H groups in total. The van der Waals surface area contributed by atoms with Crippen LogP contribution < -0.4 is 11.1 Å². The molecule has 1 atom stereocenters. The van der Waals surface area contributed by atoms with Gasteiger partial charge in [0.25, 0.3) is 5.91 Å². The quantitative estimate of drug-likeness (QED) is 0.675. The zero-order valence-corrected chi connectivity index (χ0v) is 13.0. The number of hydrogen-bond acceptors (Lipinski definition) is 3. The van der Waals surface area contributed by atoms with Crippen LogP contribution in [-0.4, -0.2) is 23.5 Å². The summed E-state index contributed by atoms with van der Waals surface area (Å²) in [6.45, 7) is 4.36. The number of carboxylic acids is 1. The third-order valence-electron chi connectivity index (χ3n) is 3.00. The topological polar surface area (TPSA) is 92.4 Å². The largest absolute Gasteiger partial charge is 0.481 e. The Bertz CT molecular complexity index is 497. The van der Waals surface area contributed by atoms with E-state index in [1.54, 1.807) is 6.07 Å². The fourth-order valence-electron chi connectivity index (χ4n) is 2.23. The molecule has 116 valence electrons. The number of halogens is 1. The van der Waals surface area contributed by atoms with Crippen LogP contribution in [0, 0.1) is 11.8 Å². The maximum atomic E-state index is 12.1. The molecule has 0 saturated carbocycles. The average molecular weight is 313 g/mol. The third-order valence-corrected chi connectivity index (χ3v) is 3.22. The van der Waals surface area contributed by atoms with Crippen LogP contribution >= 0.6 is 11.6 Å². The van der Waals surface area contributed by atoms with Gasteiger partial charge in [-0.3, -0.25) is 9.59 Å². The highest BCUT2D eigenvalue weighted by Gasteiger charge is 2.17. The summed E-state index contributed by atoms with van der Waals surface area (Å²) in [6, 6.07) is 4.63. The Morgan fingerprint density at radius 3 is 2.52 bits per heavy atom. The number of carbonyl (C=O) groups excluding carboxylic acids is 1. The molecule has 1 amide bonds. The molecule has 6 heteroatoms. The van der Waals surface area contributed by atoms with Crippen LogP contribution in [0.4, 0.5) is 5.69 Å². The predicted octanol–water partition coefficient (Wildman–Crippen LogP) is 2.79. The van der Waals surface area contributed by atoms with Gasteiger partial charge in [0.2, 0.25) is 0 Å². The van der Waals surface area contributed by atoms with E-state index in [9.17, 15) is 9.59 Å². The van der Waals surface area contributed by atoms with Crippen LogP contribution in [0.3, 0.4) is 0 Å². The number of rotatable bonds is 7. The normalized spacial score (nSPS) is 12.2. The van der Waals surface area contributed by atoms with E-state index < -0.39 is 5.97 Å². The van der Waals surface area contributed by atoms with Gasteiger partial charge < -0.3 is 16.2 Å². The molecule has 0 bridgehead atoms. The highest BCUT2D eigenvalue weighted by molar-refractivity contribution is 6.31. The molecule has 0 heterocycles. The van der Waals surface area contributed by atoms with Crippen molar-refractivity contribution >= 4 is 29.2 Å². The molecule has 0 aliphatic carbocycles. The molecule has 0 fully saturated rings. The first-order valence-corrected chi connectivity index (χ1v) is 7.21. The second kappa shape index (κ2) is 7.88. The fourth-order valence-corrected chi connectivity index (χ4v) is 2.48. The number of hydrogen-bond donors (Lipinski definition) is 3. The summed E-state index contributed by atoms with van der Waals surface area (Å²) >= 11 is 5.86. The molecule has 5 nitrogen and oxygen atoms in total. The first kappa shape index (κ1) is 17.3. The summed E-state index contributed by atoms with van der Waals surface area (Å²) in [5, 5.41) is 12.0. The maximum absolute atomic E-state index is 12.1. The predicted molar refractivity (Wildman–Crippen MR) is 83.4 cm³/mol. The Morgan fingerprint density at radius 1 is 1.33 bits per heavy atom. The van der Waals surface area contributed by atoms with Gasteiger partial charge in [0.1, 0.15) is 0 Å². The molecule has 0 aromatic heterocycles. The van der Waals surface area contributed by atoms with Crippen molar-refractivity contribution in [1.29, 1.82) is 0 Å². The van der Waals surface area contributed by atoms with Gasteiger partial charge in [-0.15, -0.1) is 0 Å². The van der Waals surface area contributed by atoms with Crippen LogP contribution in [0.25, 0.3) is 0 Å². The van der Waals surface area contributed by atoms with Gasteiger partial charge in [-0.25, -0.2) is 0 Å². The first-order valence-electron chi connectivity index (χ1n) is 6.84. The lowest BCUT2D eigenvalue weighted by Gasteiger charge is -2.18. The minimum Gasteiger partial charge on any atom is -0.481 e. The van der Waals surface area contributed by atoms with Crippen LogP contribution in [0.5, 0.6) is 0 Å². The lowest BCUT2D eigenvalue weighted by Crippen LogP contribution is -2.31. The lowest BCUT2D eigenvalue weighted by atomic mass is 9.94. The van der Waals surface area contributed by atoms with Crippen molar-refractivity contribution in [3.63, 3.8) is 0 Å². The number of benzene rings is 1. The molecule has 0 saturated heterocycles. The molecule has 1 unspecified atom stereocenters. The standard InChI is InChI=1S/C15H21ClN2O3/c1-9(2)3-10(4-14(19)20)8-18-15(21)11-5-12(16)7-13(17)6-11/h5-7,9-10H,3-4,8,17H2,1-2H3,(H,18,21)(H,19,20). The second-order valence-electron chi connectivity index (χ2n) is 5.58. The summed E-state index contributed by atoms with van der Waals surface area (Å²) in [5.41, 5.74) is 6.43. The number of carboxylic acid groups (broad SMARTS) is 1. The molecule has 1 aromatic carbocycles. The minimum atomic E-state index is -0.859. The lowest BCUT2D eigenvalue weighted by molar-refractivity contribution is -0.138. The van der Waals surface area contributed by atoms with Crippen molar-refractivity contribution in [3.8, 4) is 0 Å². The third kappa shape index (κ3) is 6.49. The number of anilines is 1. The van der Waals surface area contributed by atoms with Gasteiger partial charge in [0, 0.05) is 29.2 Å². The van der Waals surface area contributed by atoms with Gasteiger partial charge in [-0.2, -0.15) is 0 Å². The van der Waals surface area contributed by atoms with Crippen molar-refractivity contribution in [3.05, 3.63) is 28.8 Å². The number of carbonyl (C=O) groups is 2. The highest BCUT2D eigenvalue weighted by atomic mass is 35.5. The number of amides is 1. The van der Waals surface area contributed by atoms with E-state index in [1.807, 2.05) is 13.8 Å². The minimum absolute atomic E-state index is 0.0378. The highest BCUT2D eigenvalue weighted by Crippen LogP contribution is 2.18. The Balaban J connectivity index is 2.65.